The van der Waals surface area contributed by atoms with Crippen LogP contribution in [0.2, 0.25) is 0 Å². The molecule has 0 aliphatic carbocycles. The van der Waals surface area contributed by atoms with E-state index in [4.69, 9.17) is 0 Å². The molecule has 5 rings (SSSR count). The number of imide groups is 1. The molecule has 2 aromatic rings. The van der Waals surface area contributed by atoms with Crippen LogP contribution in [0.4, 0.5) is 5.69 Å². The zero-order valence-corrected chi connectivity index (χ0v) is 16.7. The first-order valence-electron chi connectivity index (χ1n) is 10.3. The van der Waals surface area contributed by atoms with Crippen LogP contribution in [0.5, 0.6) is 0 Å². The molecule has 2 aromatic carbocycles. The summed E-state index contributed by atoms with van der Waals surface area (Å²) in [5.41, 5.74) is 1.55. The summed E-state index contributed by atoms with van der Waals surface area (Å²) in [5.74, 6) is -1.88. The molecular weight excluding hydrogens is 380 g/mol. The summed E-state index contributed by atoms with van der Waals surface area (Å²) in [7, 11) is 0. The topological polar surface area (TPSA) is 74.8 Å². The molecule has 30 heavy (non-hydrogen) atoms. The molecule has 2 amide bonds. The second kappa shape index (κ2) is 6.99. The second-order valence-corrected chi connectivity index (χ2v) is 8.29. The van der Waals surface area contributed by atoms with Gasteiger partial charge in [0.05, 0.1) is 23.6 Å². The molecule has 152 valence electrons. The van der Waals surface area contributed by atoms with Crippen molar-refractivity contribution < 1.29 is 19.2 Å². The Bertz CT molecular complexity index is 1050. The number of amides is 2. The van der Waals surface area contributed by atoms with Crippen molar-refractivity contribution in [1.82, 2.24) is 4.90 Å². The van der Waals surface area contributed by atoms with Crippen LogP contribution in [-0.2, 0) is 9.59 Å². The fraction of sp³-hybridized carbons (Fsp3) is 0.333. The number of anilines is 1. The van der Waals surface area contributed by atoms with Gasteiger partial charge in [0.2, 0.25) is 11.8 Å². The molecule has 3 fully saturated rings. The minimum absolute atomic E-state index is 0.0763. The molecular formula is C24H22N2O4. The zero-order chi connectivity index (χ0) is 21.0. The minimum atomic E-state index is -0.664. The third kappa shape index (κ3) is 2.67. The maximum atomic E-state index is 13.5. The summed E-state index contributed by atoms with van der Waals surface area (Å²) in [5, 5.41) is 0. The molecule has 0 N–H and O–H groups in total. The number of carbonyl (C=O) groups is 4. The van der Waals surface area contributed by atoms with Crippen LogP contribution in [0.1, 0.15) is 40.5 Å². The van der Waals surface area contributed by atoms with Gasteiger partial charge in [0.1, 0.15) is 0 Å². The van der Waals surface area contributed by atoms with Crippen molar-refractivity contribution in [2.45, 2.75) is 31.8 Å². The molecule has 4 atom stereocenters. The van der Waals surface area contributed by atoms with Gasteiger partial charge in [-0.1, -0.05) is 30.3 Å². The lowest BCUT2D eigenvalue weighted by molar-refractivity contribution is -0.123. The van der Waals surface area contributed by atoms with Gasteiger partial charge in [-0.2, -0.15) is 0 Å². The van der Waals surface area contributed by atoms with Crippen molar-refractivity contribution in [3.63, 3.8) is 0 Å². The van der Waals surface area contributed by atoms with Crippen LogP contribution in [-0.4, -0.2) is 46.9 Å². The zero-order valence-electron chi connectivity index (χ0n) is 16.7. The van der Waals surface area contributed by atoms with Crippen molar-refractivity contribution in [1.29, 1.82) is 0 Å². The van der Waals surface area contributed by atoms with Gasteiger partial charge in [-0.3, -0.25) is 24.1 Å². The fourth-order valence-electron chi connectivity index (χ4n) is 5.39. The highest BCUT2D eigenvalue weighted by atomic mass is 16.2. The van der Waals surface area contributed by atoms with Crippen LogP contribution >= 0.6 is 0 Å². The van der Waals surface area contributed by atoms with Crippen molar-refractivity contribution in [3.05, 3.63) is 65.7 Å². The van der Waals surface area contributed by atoms with Gasteiger partial charge < -0.3 is 0 Å². The van der Waals surface area contributed by atoms with E-state index in [9.17, 15) is 19.2 Å². The van der Waals surface area contributed by atoms with Gasteiger partial charge >= 0.3 is 0 Å². The number of Topliss-reactive ketones (excluding diaryl/α,β-unsaturated/α-hetero) is 2. The van der Waals surface area contributed by atoms with Gasteiger partial charge in [-0.05, 0) is 50.6 Å². The van der Waals surface area contributed by atoms with Gasteiger partial charge in [0.25, 0.3) is 0 Å². The van der Waals surface area contributed by atoms with Crippen molar-refractivity contribution >= 4 is 29.1 Å². The second-order valence-electron chi connectivity index (χ2n) is 8.29. The van der Waals surface area contributed by atoms with Crippen molar-refractivity contribution in [2.24, 2.45) is 11.8 Å². The SMILES string of the molecule is CC(=O)c1ccc(N2C(=O)[C@@H]3[C@@H](C2=O)[C@@H]2CCCN2[C@@H]3C(=O)c2ccccc2)cc1. The molecule has 0 radical (unpaired) electrons. The third-order valence-corrected chi connectivity index (χ3v) is 6.71. The van der Waals surface area contributed by atoms with Crippen LogP contribution in [0.25, 0.3) is 0 Å². The summed E-state index contributed by atoms with van der Waals surface area (Å²) < 4.78 is 0. The Hall–Kier alpha value is -3.12. The van der Waals surface area contributed by atoms with Gasteiger partial charge in [-0.15, -0.1) is 0 Å². The lowest BCUT2D eigenvalue weighted by atomic mass is 9.85. The molecule has 3 heterocycles. The molecule has 6 heteroatoms. The fourth-order valence-corrected chi connectivity index (χ4v) is 5.39. The molecule has 0 spiro atoms. The Morgan fingerprint density at radius 3 is 2.20 bits per heavy atom. The summed E-state index contributed by atoms with van der Waals surface area (Å²) in [6.45, 7) is 2.20. The van der Waals surface area contributed by atoms with E-state index in [1.807, 2.05) is 18.2 Å². The quantitative estimate of drug-likeness (QED) is 0.581. The summed E-state index contributed by atoms with van der Waals surface area (Å²) in [6.07, 6.45) is 1.73. The lowest BCUT2D eigenvalue weighted by Crippen LogP contribution is -2.46. The van der Waals surface area contributed by atoms with E-state index in [2.05, 4.69) is 4.90 Å². The highest BCUT2D eigenvalue weighted by molar-refractivity contribution is 6.24. The van der Waals surface area contributed by atoms with Gasteiger partial charge in [0.15, 0.2) is 11.6 Å². The largest absolute Gasteiger partial charge is 0.295 e. The molecule has 0 aromatic heterocycles. The van der Waals surface area contributed by atoms with Crippen LogP contribution < -0.4 is 4.90 Å². The van der Waals surface area contributed by atoms with E-state index in [1.54, 1.807) is 36.4 Å². The third-order valence-electron chi connectivity index (χ3n) is 6.71. The van der Waals surface area contributed by atoms with E-state index in [-0.39, 0.29) is 29.4 Å². The first-order valence-corrected chi connectivity index (χ1v) is 10.3. The first-order chi connectivity index (χ1) is 14.5. The molecule has 0 unspecified atom stereocenters. The maximum Gasteiger partial charge on any atom is 0.239 e. The van der Waals surface area contributed by atoms with E-state index < -0.39 is 17.9 Å². The maximum absolute atomic E-state index is 13.5. The van der Waals surface area contributed by atoms with Crippen molar-refractivity contribution in [3.8, 4) is 0 Å². The molecule has 6 nitrogen and oxygen atoms in total. The number of hydrogen-bond acceptors (Lipinski definition) is 5. The Labute approximate surface area is 174 Å². The van der Waals surface area contributed by atoms with E-state index >= 15 is 0 Å². The number of nitrogens with zero attached hydrogens (tertiary/aromatic N) is 2. The minimum Gasteiger partial charge on any atom is -0.295 e. The number of benzene rings is 2. The molecule has 0 saturated carbocycles. The normalized spacial score (nSPS) is 28.0. The smallest absolute Gasteiger partial charge is 0.239 e. The molecule has 3 aliphatic heterocycles. The highest BCUT2D eigenvalue weighted by Gasteiger charge is 2.64. The van der Waals surface area contributed by atoms with Gasteiger partial charge in [0, 0.05) is 17.2 Å². The molecule has 0 bridgehead atoms. The Balaban J connectivity index is 1.52. The summed E-state index contributed by atoms with van der Waals surface area (Å²) in [6, 6.07) is 14.8. The predicted molar refractivity (Wildman–Crippen MR) is 110 cm³/mol. The van der Waals surface area contributed by atoms with Crippen molar-refractivity contribution in [2.75, 3.05) is 11.4 Å². The lowest BCUT2D eigenvalue weighted by Gasteiger charge is -2.27. The van der Waals surface area contributed by atoms with Crippen LogP contribution in [0, 0.1) is 11.8 Å². The first kappa shape index (κ1) is 18.9. The summed E-state index contributed by atoms with van der Waals surface area (Å²) in [4.78, 5) is 55.1. The van der Waals surface area contributed by atoms with Gasteiger partial charge in [-0.25, -0.2) is 4.90 Å². The Kier molecular flexibility index (Phi) is 4.40. The monoisotopic (exact) mass is 402 g/mol. The number of rotatable bonds is 4. The van der Waals surface area contributed by atoms with Crippen LogP contribution in [0.3, 0.4) is 0 Å². The number of fused-ring (bicyclic) bond motifs is 3. The van der Waals surface area contributed by atoms with E-state index in [1.165, 1.54) is 11.8 Å². The van der Waals surface area contributed by atoms with E-state index in [0.29, 0.717) is 16.8 Å². The number of carbonyl (C=O) groups excluding carboxylic acids is 4. The molecule has 3 saturated heterocycles. The Morgan fingerprint density at radius 1 is 0.867 bits per heavy atom. The average molecular weight is 402 g/mol. The summed E-state index contributed by atoms with van der Waals surface area (Å²) >= 11 is 0. The number of hydrogen-bond donors (Lipinski definition) is 0. The highest BCUT2D eigenvalue weighted by Crippen LogP contribution is 2.48. The predicted octanol–water partition coefficient (Wildman–Crippen LogP) is 2.72. The standard InChI is InChI=1S/C24H22N2O4/c1-14(27)15-9-11-17(12-10-15)26-23(29)19-18-8-5-13-25(18)21(20(19)24(26)30)22(28)16-6-3-2-4-7-16/h2-4,6-7,9-12,18-21H,5,8,13H2,1H3/t18-,19-,20+,21-/m0/s1. The Morgan fingerprint density at radius 2 is 1.53 bits per heavy atom. The molecule has 3 aliphatic rings. The van der Waals surface area contributed by atoms with E-state index in [0.717, 1.165) is 19.4 Å². The van der Waals surface area contributed by atoms with Crippen LogP contribution in [0.15, 0.2) is 54.6 Å². The number of ketones is 2. The average Bonchev–Trinajstić information content (AvgIpc) is 3.40.